The number of nitrogen functional groups attached to an aromatic ring is 1. The Morgan fingerprint density at radius 2 is 2.25 bits per heavy atom. The molecule has 0 amide bonds. The molecule has 0 aliphatic carbocycles. The highest BCUT2D eigenvalue weighted by Gasteiger charge is 2.26. The summed E-state index contributed by atoms with van der Waals surface area (Å²) in [5, 5.41) is 4.30. The van der Waals surface area contributed by atoms with Crippen LogP contribution in [0, 0.1) is 0 Å². The molecule has 1 aromatic rings. The summed E-state index contributed by atoms with van der Waals surface area (Å²) in [6.45, 7) is 0.844. The number of hydrogen-bond acceptors (Lipinski definition) is 5. The Bertz CT molecular complexity index is 470. The van der Waals surface area contributed by atoms with Gasteiger partial charge in [-0.05, 0) is 25.7 Å². The van der Waals surface area contributed by atoms with Crippen molar-refractivity contribution in [1.82, 2.24) is 9.78 Å². The molecule has 1 saturated heterocycles. The number of hydrogen-bond donors (Lipinski definition) is 1. The molecular formula is C13H20FN3O3. The lowest BCUT2D eigenvalue weighted by molar-refractivity contribution is 0.0582. The highest BCUT2D eigenvalue weighted by molar-refractivity contribution is 5.90. The molecule has 1 fully saturated rings. The normalized spacial score (nSPS) is 16.3. The van der Waals surface area contributed by atoms with Gasteiger partial charge in [-0.1, -0.05) is 0 Å². The summed E-state index contributed by atoms with van der Waals surface area (Å²) >= 11 is 0. The Kier molecular flexibility index (Phi) is 4.94. The zero-order chi connectivity index (χ0) is 14.5. The summed E-state index contributed by atoms with van der Waals surface area (Å²) in [7, 11) is 1.30. The summed E-state index contributed by atoms with van der Waals surface area (Å²) in [6, 6.07) is 0.117. The standard InChI is InChI=1S/C13H20FN3O3/c1-19-13(18)11-10(3-2-6-14)12(15)17(16-11)9-4-7-20-8-5-9/h9H,2-8,15H2,1H3. The molecule has 1 aliphatic rings. The average Bonchev–Trinajstić information content (AvgIpc) is 2.82. The van der Waals surface area contributed by atoms with Crippen molar-refractivity contribution >= 4 is 11.8 Å². The van der Waals surface area contributed by atoms with Gasteiger partial charge >= 0.3 is 5.97 Å². The number of alkyl halides is 1. The van der Waals surface area contributed by atoms with E-state index in [-0.39, 0.29) is 11.7 Å². The minimum atomic E-state index is -0.531. The Labute approximate surface area is 117 Å². The number of halogens is 1. The van der Waals surface area contributed by atoms with E-state index in [4.69, 9.17) is 15.2 Å². The van der Waals surface area contributed by atoms with Gasteiger partial charge in [0.2, 0.25) is 0 Å². The number of methoxy groups -OCH3 is 1. The molecule has 0 spiro atoms. The SMILES string of the molecule is COC(=O)c1nn(C2CCOCC2)c(N)c1CCCF. The highest BCUT2D eigenvalue weighted by Crippen LogP contribution is 2.28. The molecule has 0 atom stereocenters. The summed E-state index contributed by atoms with van der Waals surface area (Å²) in [6.07, 6.45) is 2.30. The second kappa shape index (κ2) is 6.69. The van der Waals surface area contributed by atoms with Crippen LogP contribution in [0.4, 0.5) is 10.2 Å². The van der Waals surface area contributed by atoms with Crippen LogP contribution in [-0.4, -0.2) is 42.7 Å². The molecule has 6 nitrogen and oxygen atoms in total. The third-order valence-electron chi connectivity index (χ3n) is 3.53. The molecular weight excluding hydrogens is 265 g/mol. The molecule has 0 radical (unpaired) electrons. The van der Waals surface area contributed by atoms with Gasteiger partial charge in [-0.2, -0.15) is 5.10 Å². The van der Waals surface area contributed by atoms with E-state index in [1.807, 2.05) is 0 Å². The monoisotopic (exact) mass is 285 g/mol. The van der Waals surface area contributed by atoms with E-state index in [0.29, 0.717) is 37.4 Å². The Morgan fingerprint density at radius 3 is 2.85 bits per heavy atom. The lowest BCUT2D eigenvalue weighted by atomic mass is 10.1. The highest BCUT2D eigenvalue weighted by atomic mass is 19.1. The van der Waals surface area contributed by atoms with E-state index in [1.165, 1.54) is 7.11 Å². The molecule has 112 valence electrons. The van der Waals surface area contributed by atoms with Gasteiger partial charge in [0.15, 0.2) is 5.69 Å². The molecule has 1 aromatic heterocycles. The number of rotatable bonds is 5. The second-order valence-corrected chi connectivity index (χ2v) is 4.78. The number of nitrogens with two attached hydrogens (primary N) is 1. The number of anilines is 1. The van der Waals surface area contributed by atoms with Crippen molar-refractivity contribution in [2.45, 2.75) is 31.7 Å². The number of esters is 1. The van der Waals surface area contributed by atoms with Crippen molar-refractivity contribution in [3.05, 3.63) is 11.3 Å². The molecule has 2 rings (SSSR count). The fourth-order valence-electron chi connectivity index (χ4n) is 2.44. The van der Waals surface area contributed by atoms with Gasteiger partial charge in [0.05, 0.1) is 19.8 Å². The molecule has 0 aromatic carbocycles. The minimum absolute atomic E-state index is 0.117. The first kappa shape index (κ1) is 14.8. The van der Waals surface area contributed by atoms with E-state index < -0.39 is 12.6 Å². The lowest BCUT2D eigenvalue weighted by Crippen LogP contribution is -2.22. The zero-order valence-corrected chi connectivity index (χ0v) is 11.6. The van der Waals surface area contributed by atoms with Gasteiger partial charge in [0, 0.05) is 18.8 Å². The number of aromatic nitrogens is 2. The van der Waals surface area contributed by atoms with E-state index in [1.54, 1.807) is 4.68 Å². The van der Waals surface area contributed by atoms with Crippen molar-refractivity contribution in [2.24, 2.45) is 0 Å². The topological polar surface area (TPSA) is 79.4 Å². The van der Waals surface area contributed by atoms with Gasteiger partial charge < -0.3 is 15.2 Å². The smallest absolute Gasteiger partial charge is 0.358 e. The van der Waals surface area contributed by atoms with Gasteiger partial charge in [0.25, 0.3) is 0 Å². The Hall–Kier alpha value is -1.63. The maximum atomic E-state index is 12.4. The number of carbonyl (C=O) groups is 1. The van der Waals surface area contributed by atoms with Crippen LogP contribution in [-0.2, 0) is 15.9 Å². The van der Waals surface area contributed by atoms with E-state index >= 15 is 0 Å². The van der Waals surface area contributed by atoms with Crippen molar-refractivity contribution in [3.8, 4) is 0 Å². The van der Waals surface area contributed by atoms with Crippen LogP contribution in [0.2, 0.25) is 0 Å². The number of carbonyl (C=O) groups excluding carboxylic acids is 1. The van der Waals surface area contributed by atoms with E-state index in [9.17, 15) is 9.18 Å². The molecule has 1 aliphatic heterocycles. The quantitative estimate of drug-likeness (QED) is 0.829. The molecule has 2 N–H and O–H groups in total. The lowest BCUT2D eigenvalue weighted by Gasteiger charge is -2.23. The van der Waals surface area contributed by atoms with Gasteiger partial charge in [-0.15, -0.1) is 0 Å². The second-order valence-electron chi connectivity index (χ2n) is 4.78. The summed E-state index contributed by atoms with van der Waals surface area (Å²) in [4.78, 5) is 11.8. The predicted molar refractivity (Wildman–Crippen MR) is 71.4 cm³/mol. The first-order chi connectivity index (χ1) is 9.69. The van der Waals surface area contributed by atoms with Crippen LogP contribution < -0.4 is 5.73 Å². The molecule has 2 heterocycles. The fraction of sp³-hybridized carbons (Fsp3) is 0.692. The molecule has 0 unspecified atom stereocenters. The fourth-order valence-corrected chi connectivity index (χ4v) is 2.44. The number of ether oxygens (including phenoxy) is 2. The third kappa shape index (κ3) is 2.92. The van der Waals surface area contributed by atoms with Crippen LogP contribution in [0.3, 0.4) is 0 Å². The van der Waals surface area contributed by atoms with E-state index in [0.717, 1.165) is 12.8 Å². The van der Waals surface area contributed by atoms with Crippen LogP contribution in [0.1, 0.15) is 41.4 Å². The summed E-state index contributed by atoms with van der Waals surface area (Å²) in [5.74, 6) is -0.0953. The van der Waals surface area contributed by atoms with Crippen LogP contribution in [0.25, 0.3) is 0 Å². The first-order valence-electron chi connectivity index (χ1n) is 6.78. The van der Waals surface area contributed by atoms with Crippen LogP contribution in [0.15, 0.2) is 0 Å². The van der Waals surface area contributed by atoms with Gasteiger partial charge in [0.1, 0.15) is 5.82 Å². The predicted octanol–water partition coefficient (Wildman–Crippen LogP) is 1.51. The third-order valence-corrected chi connectivity index (χ3v) is 3.53. The molecule has 0 bridgehead atoms. The summed E-state index contributed by atoms with van der Waals surface area (Å²) < 4.78 is 24.1. The maximum absolute atomic E-state index is 12.4. The number of nitrogens with zero attached hydrogens (tertiary/aromatic N) is 2. The van der Waals surface area contributed by atoms with Crippen LogP contribution >= 0.6 is 0 Å². The molecule has 20 heavy (non-hydrogen) atoms. The largest absolute Gasteiger partial charge is 0.464 e. The van der Waals surface area contributed by atoms with Crippen molar-refractivity contribution < 1.29 is 18.7 Å². The van der Waals surface area contributed by atoms with Crippen molar-refractivity contribution in [2.75, 3.05) is 32.7 Å². The van der Waals surface area contributed by atoms with Crippen molar-refractivity contribution in [3.63, 3.8) is 0 Å². The summed E-state index contributed by atoms with van der Waals surface area (Å²) in [5.41, 5.74) is 6.88. The minimum Gasteiger partial charge on any atom is -0.464 e. The first-order valence-corrected chi connectivity index (χ1v) is 6.78. The van der Waals surface area contributed by atoms with Gasteiger partial charge in [-0.25, -0.2) is 9.48 Å². The van der Waals surface area contributed by atoms with Crippen LogP contribution in [0.5, 0.6) is 0 Å². The Balaban J connectivity index is 2.32. The molecule has 7 heteroatoms. The zero-order valence-electron chi connectivity index (χ0n) is 11.6. The van der Waals surface area contributed by atoms with Crippen molar-refractivity contribution in [1.29, 1.82) is 0 Å². The van der Waals surface area contributed by atoms with Gasteiger partial charge in [-0.3, -0.25) is 4.39 Å². The molecule has 0 saturated carbocycles. The maximum Gasteiger partial charge on any atom is 0.358 e. The Morgan fingerprint density at radius 1 is 1.55 bits per heavy atom. The average molecular weight is 285 g/mol. The van der Waals surface area contributed by atoms with E-state index in [2.05, 4.69) is 5.10 Å².